The number of nitrogens with zero attached hydrogens (tertiary/aromatic N) is 1. The maximum absolute atomic E-state index is 12.3. The molecule has 1 N–H and O–H groups in total. The predicted molar refractivity (Wildman–Crippen MR) is 86.2 cm³/mol. The van der Waals surface area contributed by atoms with Crippen LogP contribution < -0.4 is 5.32 Å². The molecule has 0 saturated heterocycles. The highest BCUT2D eigenvalue weighted by Gasteiger charge is 2.17. The van der Waals surface area contributed by atoms with Gasteiger partial charge in [-0.1, -0.05) is 13.8 Å². The zero-order chi connectivity index (χ0) is 15.3. The highest BCUT2D eigenvalue weighted by atomic mass is 79.9. The van der Waals surface area contributed by atoms with E-state index in [1.807, 2.05) is 13.8 Å². The summed E-state index contributed by atoms with van der Waals surface area (Å²) in [4.78, 5) is 26.1. The molecule has 20 heavy (non-hydrogen) atoms. The van der Waals surface area contributed by atoms with Crippen LogP contribution in [0.2, 0.25) is 0 Å². The number of hydrogen-bond acceptors (Lipinski definition) is 3. The summed E-state index contributed by atoms with van der Waals surface area (Å²) >= 11 is 7.55. The first-order chi connectivity index (χ1) is 9.31. The van der Waals surface area contributed by atoms with E-state index in [9.17, 15) is 9.59 Å². The number of carbonyl (C=O) groups is 2. The van der Waals surface area contributed by atoms with Gasteiger partial charge in [0.25, 0.3) is 5.91 Å². The molecule has 0 aliphatic carbocycles. The first-order valence-corrected chi connectivity index (χ1v) is 7.56. The lowest BCUT2D eigenvalue weighted by Crippen LogP contribution is -2.39. The smallest absolute Gasteiger partial charge is 0.255 e. The van der Waals surface area contributed by atoms with E-state index in [1.54, 1.807) is 25.2 Å². The zero-order valence-corrected chi connectivity index (χ0v) is 14.3. The van der Waals surface area contributed by atoms with Crippen LogP contribution in [0.25, 0.3) is 0 Å². The van der Waals surface area contributed by atoms with Crippen LogP contribution in [-0.2, 0) is 4.79 Å². The van der Waals surface area contributed by atoms with Gasteiger partial charge in [0.05, 0.1) is 12.1 Å². The predicted octanol–water partition coefficient (Wildman–Crippen LogP) is 2.58. The quantitative estimate of drug-likeness (QED) is 0.794. The average Bonchev–Trinajstić information content (AvgIpc) is 2.38. The summed E-state index contributed by atoms with van der Waals surface area (Å²) in [7, 11) is 1.61. The van der Waals surface area contributed by atoms with E-state index in [0.717, 1.165) is 0 Å². The van der Waals surface area contributed by atoms with Crippen LogP contribution in [0.5, 0.6) is 0 Å². The Bertz CT molecular complexity index is 506. The van der Waals surface area contributed by atoms with Crippen molar-refractivity contribution >= 4 is 40.4 Å². The molecule has 0 bridgehead atoms. The van der Waals surface area contributed by atoms with Crippen LogP contribution in [0.1, 0.15) is 24.2 Å². The lowest BCUT2D eigenvalue weighted by molar-refractivity contribution is -0.121. The molecule has 0 spiro atoms. The van der Waals surface area contributed by atoms with Gasteiger partial charge in [-0.3, -0.25) is 9.59 Å². The summed E-state index contributed by atoms with van der Waals surface area (Å²) in [6.45, 7) is 4.68. The maximum atomic E-state index is 12.3. The van der Waals surface area contributed by atoms with Crippen LogP contribution in [0, 0.1) is 5.92 Å². The van der Waals surface area contributed by atoms with Crippen LogP contribution in [0.3, 0.4) is 0 Å². The summed E-state index contributed by atoms with van der Waals surface area (Å²) in [5.41, 5.74) is 0.497. The van der Waals surface area contributed by atoms with E-state index in [1.165, 1.54) is 4.90 Å². The van der Waals surface area contributed by atoms with Crippen molar-refractivity contribution in [2.24, 2.45) is 5.92 Å². The van der Waals surface area contributed by atoms with Gasteiger partial charge >= 0.3 is 0 Å². The number of halogens is 1. The normalized spacial score (nSPS) is 10.5. The Labute approximate surface area is 133 Å². The minimum atomic E-state index is -0.215. The molecule has 2 amide bonds. The van der Waals surface area contributed by atoms with Crippen molar-refractivity contribution in [3.63, 3.8) is 0 Å². The van der Waals surface area contributed by atoms with Crippen molar-refractivity contribution in [2.45, 2.75) is 18.7 Å². The number of nitrogens with one attached hydrogen (secondary N) is 1. The molecule has 110 valence electrons. The highest BCUT2D eigenvalue weighted by molar-refractivity contribution is 9.10. The van der Waals surface area contributed by atoms with Crippen molar-refractivity contribution in [1.82, 2.24) is 10.2 Å². The van der Waals surface area contributed by atoms with Crippen molar-refractivity contribution in [3.05, 3.63) is 28.2 Å². The van der Waals surface area contributed by atoms with E-state index < -0.39 is 0 Å². The molecule has 0 aromatic heterocycles. The first-order valence-electron chi connectivity index (χ1n) is 6.32. The SMILES string of the molecule is CC(C)CNC(=O)CN(C)C(=O)c1cc(S)ccc1Br. The van der Waals surface area contributed by atoms with Gasteiger partial charge in [-0.25, -0.2) is 0 Å². The van der Waals surface area contributed by atoms with E-state index >= 15 is 0 Å². The van der Waals surface area contributed by atoms with Gasteiger partial charge in [-0.2, -0.15) is 0 Å². The fourth-order valence-electron chi connectivity index (χ4n) is 1.54. The van der Waals surface area contributed by atoms with Gasteiger partial charge < -0.3 is 10.2 Å². The fraction of sp³-hybridized carbons (Fsp3) is 0.429. The summed E-state index contributed by atoms with van der Waals surface area (Å²) < 4.78 is 0.690. The molecule has 0 heterocycles. The Morgan fingerprint density at radius 3 is 2.65 bits per heavy atom. The molecule has 4 nitrogen and oxygen atoms in total. The molecule has 1 aromatic carbocycles. The van der Waals surface area contributed by atoms with Crippen molar-refractivity contribution in [3.8, 4) is 0 Å². The van der Waals surface area contributed by atoms with Crippen LogP contribution in [-0.4, -0.2) is 36.9 Å². The minimum absolute atomic E-state index is 0.0365. The number of hydrogen-bond donors (Lipinski definition) is 2. The van der Waals surface area contributed by atoms with Gasteiger partial charge in [0.2, 0.25) is 5.91 Å². The monoisotopic (exact) mass is 358 g/mol. The molecule has 0 unspecified atom stereocenters. The van der Waals surface area contributed by atoms with Crippen LogP contribution >= 0.6 is 28.6 Å². The first kappa shape index (κ1) is 17.0. The molecule has 0 aliphatic heterocycles. The third kappa shape index (κ3) is 5.17. The van der Waals surface area contributed by atoms with E-state index in [2.05, 4.69) is 33.9 Å². The third-order valence-corrected chi connectivity index (χ3v) is 3.58. The Morgan fingerprint density at radius 1 is 1.40 bits per heavy atom. The second-order valence-corrected chi connectivity index (χ2v) is 6.39. The highest BCUT2D eigenvalue weighted by Crippen LogP contribution is 2.21. The largest absolute Gasteiger partial charge is 0.354 e. The molecule has 0 atom stereocenters. The van der Waals surface area contributed by atoms with Gasteiger partial charge in [0, 0.05) is 23.0 Å². The molecular formula is C14H19BrN2O2S. The minimum Gasteiger partial charge on any atom is -0.354 e. The van der Waals surface area contributed by atoms with Gasteiger partial charge in [-0.15, -0.1) is 12.6 Å². The molecule has 0 aliphatic rings. The summed E-state index contributed by atoms with van der Waals surface area (Å²) in [5.74, 6) is 0.00939. The number of amides is 2. The topological polar surface area (TPSA) is 49.4 Å². The van der Waals surface area contributed by atoms with E-state index in [-0.39, 0.29) is 18.4 Å². The standard InChI is InChI=1S/C14H19BrN2O2S/c1-9(2)7-16-13(18)8-17(3)14(19)11-6-10(20)4-5-12(11)15/h4-6,9,20H,7-8H2,1-3H3,(H,16,18). The summed E-state index contributed by atoms with van der Waals surface area (Å²) in [6.07, 6.45) is 0. The molecule has 0 fully saturated rings. The van der Waals surface area contributed by atoms with Crippen LogP contribution in [0.15, 0.2) is 27.6 Å². The maximum Gasteiger partial charge on any atom is 0.255 e. The third-order valence-electron chi connectivity index (χ3n) is 2.62. The zero-order valence-electron chi connectivity index (χ0n) is 11.8. The van der Waals surface area contributed by atoms with Crippen molar-refractivity contribution < 1.29 is 9.59 Å². The molecule has 0 radical (unpaired) electrons. The second-order valence-electron chi connectivity index (χ2n) is 5.02. The lowest BCUT2D eigenvalue weighted by atomic mass is 10.2. The number of carbonyl (C=O) groups excluding carboxylic acids is 2. The lowest BCUT2D eigenvalue weighted by Gasteiger charge is -2.18. The number of thiol groups is 1. The molecule has 1 aromatic rings. The molecule has 6 heteroatoms. The van der Waals surface area contributed by atoms with E-state index in [0.29, 0.717) is 27.4 Å². The number of benzene rings is 1. The average molecular weight is 359 g/mol. The second kappa shape index (κ2) is 7.69. The Hall–Kier alpha value is -1.01. The van der Waals surface area contributed by atoms with Gasteiger partial charge in [0.1, 0.15) is 0 Å². The van der Waals surface area contributed by atoms with Gasteiger partial charge in [-0.05, 0) is 40.0 Å². The Morgan fingerprint density at radius 2 is 2.05 bits per heavy atom. The molecule has 0 saturated carbocycles. The van der Waals surface area contributed by atoms with Crippen molar-refractivity contribution in [1.29, 1.82) is 0 Å². The fourth-order valence-corrected chi connectivity index (χ4v) is 2.16. The summed E-state index contributed by atoms with van der Waals surface area (Å²) in [6, 6.07) is 5.24. The Balaban J connectivity index is 2.67. The summed E-state index contributed by atoms with van der Waals surface area (Å²) in [5, 5.41) is 2.79. The number of likely N-dealkylation sites (N-methyl/N-ethyl adjacent to an activating group) is 1. The Kier molecular flexibility index (Phi) is 6.55. The van der Waals surface area contributed by atoms with Gasteiger partial charge in [0.15, 0.2) is 0 Å². The van der Waals surface area contributed by atoms with Crippen molar-refractivity contribution in [2.75, 3.05) is 20.1 Å². The molecule has 1 rings (SSSR count). The number of rotatable bonds is 5. The van der Waals surface area contributed by atoms with E-state index in [4.69, 9.17) is 0 Å². The van der Waals surface area contributed by atoms with Crippen LogP contribution in [0.4, 0.5) is 0 Å². The molecular weight excluding hydrogens is 340 g/mol.